The van der Waals surface area contributed by atoms with Gasteiger partial charge in [-0.1, -0.05) is 24.3 Å². The summed E-state index contributed by atoms with van der Waals surface area (Å²) < 4.78 is 8.09. The van der Waals surface area contributed by atoms with Gasteiger partial charge >= 0.3 is 0 Å². The van der Waals surface area contributed by atoms with Crippen LogP contribution < -0.4 is 10.1 Å². The molecule has 1 N–H and O–H groups in total. The summed E-state index contributed by atoms with van der Waals surface area (Å²) in [6, 6.07) is 14.3. The first-order chi connectivity index (χ1) is 12.2. The molecule has 0 atom stereocenters. The Labute approximate surface area is 147 Å². The van der Waals surface area contributed by atoms with Gasteiger partial charge in [0.05, 0.1) is 24.2 Å². The Hall–Kier alpha value is -2.82. The number of ether oxygens (including phenoxy) is 1. The van der Waals surface area contributed by atoms with Crippen LogP contribution in [0.2, 0.25) is 0 Å². The van der Waals surface area contributed by atoms with Gasteiger partial charge in [0.1, 0.15) is 11.6 Å². The maximum absolute atomic E-state index is 10.6. The minimum Gasteiger partial charge on any atom is -0.493 e. The third kappa shape index (κ3) is 3.99. The Morgan fingerprint density at radius 3 is 2.88 bits per heavy atom. The first-order valence-corrected chi connectivity index (χ1v) is 8.50. The van der Waals surface area contributed by atoms with Crippen LogP contribution in [0.1, 0.15) is 23.4 Å². The van der Waals surface area contributed by atoms with E-state index in [4.69, 9.17) is 4.74 Å². The largest absolute Gasteiger partial charge is 0.493 e. The summed E-state index contributed by atoms with van der Waals surface area (Å²) in [4.78, 5) is 15.2. The maximum atomic E-state index is 10.6. The van der Waals surface area contributed by atoms with E-state index in [1.54, 1.807) is 0 Å². The van der Waals surface area contributed by atoms with Gasteiger partial charge in [-0.25, -0.2) is 4.98 Å². The molecule has 2 aromatic carbocycles. The number of nitrogens with one attached hydrogen (secondary N) is 1. The molecular weight excluding hydrogens is 314 g/mol. The van der Waals surface area contributed by atoms with Crippen LogP contribution >= 0.6 is 0 Å². The molecule has 0 radical (unpaired) electrons. The summed E-state index contributed by atoms with van der Waals surface area (Å²) >= 11 is 0. The number of fused-ring (bicyclic) bond motifs is 1. The molecule has 1 heterocycles. The fourth-order valence-corrected chi connectivity index (χ4v) is 2.91. The van der Waals surface area contributed by atoms with E-state index >= 15 is 0 Å². The zero-order chi connectivity index (χ0) is 17.6. The summed E-state index contributed by atoms with van der Waals surface area (Å²) in [5, 5.41) is 2.70. The Bertz CT molecular complexity index is 871. The molecule has 0 bridgehead atoms. The van der Waals surface area contributed by atoms with Gasteiger partial charge < -0.3 is 14.6 Å². The van der Waals surface area contributed by atoms with Gasteiger partial charge in [0, 0.05) is 6.54 Å². The van der Waals surface area contributed by atoms with Crippen molar-refractivity contribution in [3.63, 3.8) is 0 Å². The van der Waals surface area contributed by atoms with Crippen LogP contribution in [-0.2, 0) is 17.9 Å². The average molecular weight is 337 g/mol. The molecule has 0 aliphatic carbocycles. The minimum absolute atomic E-state index is 0.427. The average Bonchev–Trinajstić information content (AvgIpc) is 2.97. The van der Waals surface area contributed by atoms with Crippen LogP contribution in [0.25, 0.3) is 11.0 Å². The number of carbonyl (C=O) groups excluding carboxylic acids is 1. The molecule has 3 aromatic rings. The predicted molar refractivity (Wildman–Crippen MR) is 98.7 cm³/mol. The van der Waals surface area contributed by atoms with Gasteiger partial charge in [0.2, 0.25) is 6.41 Å². The highest BCUT2D eigenvalue weighted by molar-refractivity contribution is 5.75. The van der Waals surface area contributed by atoms with Crippen LogP contribution in [0.5, 0.6) is 5.75 Å². The molecule has 3 rings (SSSR count). The second kappa shape index (κ2) is 7.83. The van der Waals surface area contributed by atoms with Crippen molar-refractivity contribution in [1.29, 1.82) is 0 Å². The highest BCUT2D eigenvalue weighted by Gasteiger charge is 2.10. The molecule has 0 aliphatic heterocycles. The number of hydrogen-bond donors (Lipinski definition) is 1. The fraction of sp³-hybridized carbons (Fsp3) is 0.300. The van der Waals surface area contributed by atoms with Crippen molar-refractivity contribution in [2.75, 3.05) is 6.61 Å². The van der Waals surface area contributed by atoms with E-state index in [0.29, 0.717) is 19.6 Å². The van der Waals surface area contributed by atoms with Crippen molar-refractivity contribution in [3.05, 3.63) is 59.4 Å². The van der Waals surface area contributed by atoms with Gasteiger partial charge in [-0.2, -0.15) is 0 Å². The van der Waals surface area contributed by atoms with Gasteiger partial charge in [-0.15, -0.1) is 0 Å². The first-order valence-electron chi connectivity index (χ1n) is 8.50. The number of hydrogen-bond acceptors (Lipinski definition) is 3. The van der Waals surface area contributed by atoms with Gasteiger partial charge in [-0.3, -0.25) is 4.79 Å². The first kappa shape index (κ1) is 17.0. The summed E-state index contributed by atoms with van der Waals surface area (Å²) in [6.45, 7) is 5.98. The van der Waals surface area contributed by atoms with E-state index in [9.17, 15) is 4.79 Å². The van der Waals surface area contributed by atoms with E-state index in [2.05, 4.69) is 53.0 Å². The summed E-state index contributed by atoms with van der Waals surface area (Å²) in [6.07, 6.45) is 1.56. The van der Waals surface area contributed by atoms with Crippen molar-refractivity contribution in [2.24, 2.45) is 0 Å². The highest BCUT2D eigenvalue weighted by atomic mass is 16.5. The highest BCUT2D eigenvalue weighted by Crippen LogP contribution is 2.20. The van der Waals surface area contributed by atoms with Crippen LogP contribution in [0, 0.1) is 13.8 Å². The smallest absolute Gasteiger partial charge is 0.207 e. The van der Waals surface area contributed by atoms with E-state index in [-0.39, 0.29) is 0 Å². The molecule has 5 heteroatoms. The zero-order valence-corrected chi connectivity index (χ0v) is 14.7. The normalized spacial score (nSPS) is 10.8. The summed E-state index contributed by atoms with van der Waals surface area (Å²) in [7, 11) is 0. The molecule has 1 amide bonds. The zero-order valence-electron chi connectivity index (χ0n) is 14.7. The Morgan fingerprint density at radius 1 is 1.20 bits per heavy atom. The number of aromatic nitrogens is 2. The van der Waals surface area contributed by atoms with Crippen molar-refractivity contribution in [3.8, 4) is 5.75 Å². The lowest BCUT2D eigenvalue weighted by atomic mass is 10.1. The monoisotopic (exact) mass is 337 g/mol. The van der Waals surface area contributed by atoms with E-state index in [1.807, 2.05) is 18.2 Å². The molecule has 0 spiro atoms. The summed E-state index contributed by atoms with van der Waals surface area (Å²) in [5.41, 5.74) is 4.37. The minimum atomic E-state index is 0.427. The maximum Gasteiger partial charge on any atom is 0.207 e. The number of nitrogens with zero attached hydrogens (tertiary/aromatic N) is 2. The summed E-state index contributed by atoms with van der Waals surface area (Å²) in [5.74, 6) is 1.80. The number of aryl methyl sites for hydroxylation is 3. The van der Waals surface area contributed by atoms with Crippen molar-refractivity contribution in [1.82, 2.24) is 14.9 Å². The van der Waals surface area contributed by atoms with Gasteiger partial charge in [0.25, 0.3) is 0 Å². The molecule has 0 unspecified atom stereocenters. The number of carbonyl (C=O) groups is 1. The quantitative estimate of drug-likeness (QED) is 0.506. The second-order valence-electron chi connectivity index (χ2n) is 6.14. The van der Waals surface area contributed by atoms with Crippen LogP contribution in [-0.4, -0.2) is 22.6 Å². The van der Waals surface area contributed by atoms with E-state index < -0.39 is 0 Å². The SMILES string of the molecule is Cc1ccc(C)c(OCCCn2c(CNC=O)nc3ccccc32)c1. The molecule has 0 fully saturated rings. The molecule has 130 valence electrons. The molecular formula is C20H23N3O2. The number of rotatable bonds is 8. The topological polar surface area (TPSA) is 56.1 Å². The molecule has 0 saturated heterocycles. The number of para-hydroxylation sites is 2. The molecule has 25 heavy (non-hydrogen) atoms. The molecule has 0 aliphatic rings. The van der Waals surface area contributed by atoms with Gasteiger partial charge in [-0.05, 0) is 49.6 Å². The Morgan fingerprint density at radius 2 is 2.04 bits per heavy atom. The lowest BCUT2D eigenvalue weighted by molar-refractivity contribution is -0.109. The van der Waals surface area contributed by atoms with Crippen LogP contribution in [0.4, 0.5) is 0 Å². The van der Waals surface area contributed by atoms with Gasteiger partial charge in [0.15, 0.2) is 0 Å². The van der Waals surface area contributed by atoms with Crippen molar-refractivity contribution < 1.29 is 9.53 Å². The number of imidazole rings is 1. The Kier molecular flexibility index (Phi) is 5.33. The lowest BCUT2D eigenvalue weighted by Gasteiger charge is -2.12. The fourth-order valence-electron chi connectivity index (χ4n) is 2.91. The van der Waals surface area contributed by atoms with E-state index in [1.165, 1.54) is 5.56 Å². The Balaban J connectivity index is 1.67. The third-order valence-electron chi connectivity index (χ3n) is 4.20. The third-order valence-corrected chi connectivity index (χ3v) is 4.20. The van der Waals surface area contributed by atoms with Crippen molar-refractivity contribution in [2.45, 2.75) is 33.4 Å². The van der Waals surface area contributed by atoms with Crippen LogP contribution in [0.15, 0.2) is 42.5 Å². The number of benzene rings is 2. The standard InChI is InChI=1S/C20H23N3O2/c1-15-8-9-16(2)19(12-15)25-11-5-10-23-18-7-4-3-6-17(18)22-20(23)13-21-14-24/h3-4,6-9,12,14H,5,10-11,13H2,1-2H3,(H,21,24). The molecule has 0 saturated carbocycles. The van der Waals surface area contributed by atoms with Crippen LogP contribution in [0.3, 0.4) is 0 Å². The predicted octanol–water partition coefficient (Wildman–Crippen LogP) is 3.37. The van der Waals surface area contributed by atoms with Crippen molar-refractivity contribution >= 4 is 17.4 Å². The molecule has 5 nitrogen and oxygen atoms in total. The molecule has 1 aromatic heterocycles. The van der Waals surface area contributed by atoms with E-state index in [0.717, 1.165) is 41.1 Å². The number of amides is 1. The lowest BCUT2D eigenvalue weighted by Crippen LogP contribution is -2.16. The second-order valence-corrected chi connectivity index (χ2v) is 6.14.